The second-order valence-corrected chi connectivity index (χ2v) is 9.90. The maximum atomic E-state index is 12.0. The van der Waals surface area contributed by atoms with Gasteiger partial charge in [-0.15, -0.1) is 11.8 Å². The zero-order valence-corrected chi connectivity index (χ0v) is 16.2. The van der Waals surface area contributed by atoms with Gasteiger partial charge in [0.2, 0.25) is 5.91 Å². The summed E-state index contributed by atoms with van der Waals surface area (Å²) < 4.78 is 22.8. The van der Waals surface area contributed by atoms with E-state index in [1.54, 1.807) is 11.8 Å². The number of thioether (sulfide) groups is 1. The van der Waals surface area contributed by atoms with Gasteiger partial charge in [0, 0.05) is 23.2 Å². The molecule has 0 saturated carbocycles. The summed E-state index contributed by atoms with van der Waals surface area (Å²) in [7, 11) is -1.04. The Morgan fingerprint density at radius 3 is 2.71 bits per heavy atom. The maximum absolute atomic E-state index is 12.0. The maximum Gasteiger partial charge on any atom is 0.234 e. The summed E-state index contributed by atoms with van der Waals surface area (Å²) in [5, 5.41) is 2.82. The van der Waals surface area contributed by atoms with Gasteiger partial charge in [0.25, 0.3) is 0 Å². The van der Waals surface area contributed by atoms with Crippen LogP contribution in [0.4, 0.5) is 0 Å². The van der Waals surface area contributed by atoms with Gasteiger partial charge < -0.3 is 5.32 Å². The molecule has 5 nitrogen and oxygen atoms in total. The number of rotatable bonds is 7. The van der Waals surface area contributed by atoms with Gasteiger partial charge >= 0.3 is 0 Å². The van der Waals surface area contributed by atoms with Gasteiger partial charge in [-0.05, 0) is 50.6 Å². The first-order chi connectivity index (χ1) is 11.2. The number of benzene rings is 1. The molecule has 24 heavy (non-hydrogen) atoms. The monoisotopic (exact) mass is 370 g/mol. The molecule has 1 amide bonds. The first-order valence-electron chi connectivity index (χ1n) is 8.13. The number of likely N-dealkylation sites (N-methyl/N-ethyl adjacent to an activating group) is 1. The van der Waals surface area contributed by atoms with Gasteiger partial charge in [0.05, 0.1) is 18.1 Å². The highest BCUT2D eigenvalue weighted by Gasteiger charge is 2.28. The van der Waals surface area contributed by atoms with Crippen molar-refractivity contribution in [2.24, 2.45) is 0 Å². The van der Waals surface area contributed by atoms with E-state index in [2.05, 4.69) is 37.4 Å². The molecule has 1 aromatic carbocycles. The Hall–Kier alpha value is -1.05. The van der Waals surface area contributed by atoms with Gasteiger partial charge in [0.15, 0.2) is 9.84 Å². The lowest BCUT2D eigenvalue weighted by molar-refractivity contribution is -0.122. The summed E-state index contributed by atoms with van der Waals surface area (Å²) >= 11 is 1.78. The zero-order valence-electron chi connectivity index (χ0n) is 14.5. The number of sulfone groups is 1. The molecule has 1 heterocycles. The molecule has 1 aliphatic heterocycles. The smallest absolute Gasteiger partial charge is 0.234 e. The minimum atomic E-state index is -2.95. The molecule has 0 bridgehead atoms. The molecule has 1 aromatic rings. The molecular weight excluding hydrogens is 344 g/mol. The van der Waals surface area contributed by atoms with Crippen molar-refractivity contribution in [1.82, 2.24) is 10.2 Å². The van der Waals surface area contributed by atoms with Crippen LogP contribution in [0.15, 0.2) is 23.1 Å². The summed E-state index contributed by atoms with van der Waals surface area (Å²) in [6, 6.07) is 6.22. The minimum Gasteiger partial charge on any atom is -0.351 e. The lowest BCUT2D eigenvalue weighted by atomic mass is 10.1. The highest BCUT2D eigenvalue weighted by Crippen LogP contribution is 2.20. The average Bonchev–Trinajstić information content (AvgIpc) is 2.81. The van der Waals surface area contributed by atoms with Crippen molar-refractivity contribution in [2.75, 3.05) is 37.4 Å². The number of aryl methyl sites for hydroxylation is 2. The average molecular weight is 371 g/mol. The van der Waals surface area contributed by atoms with Crippen molar-refractivity contribution in [1.29, 1.82) is 0 Å². The van der Waals surface area contributed by atoms with Crippen LogP contribution in [0, 0.1) is 13.8 Å². The van der Waals surface area contributed by atoms with Gasteiger partial charge in [-0.25, -0.2) is 8.42 Å². The summed E-state index contributed by atoms with van der Waals surface area (Å²) in [4.78, 5) is 15.2. The van der Waals surface area contributed by atoms with Crippen LogP contribution in [0.25, 0.3) is 0 Å². The Bertz CT molecular complexity index is 689. The quantitative estimate of drug-likeness (QED) is 0.739. The molecule has 1 atom stereocenters. The topological polar surface area (TPSA) is 66.5 Å². The van der Waals surface area contributed by atoms with E-state index in [1.165, 1.54) is 16.0 Å². The fourth-order valence-electron chi connectivity index (χ4n) is 2.63. The Morgan fingerprint density at radius 2 is 2.08 bits per heavy atom. The Kier molecular flexibility index (Phi) is 6.71. The second-order valence-electron chi connectivity index (χ2n) is 6.50. The van der Waals surface area contributed by atoms with Crippen molar-refractivity contribution in [3.05, 3.63) is 29.3 Å². The number of hydrogen-bond acceptors (Lipinski definition) is 5. The van der Waals surface area contributed by atoms with Crippen LogP contribution in [-0.4, -0.2) is 62.7 Å². The lowest BCUT2D eigenvalue weighted by Crippen LogP contribution is -2.42. The Morgan fingerprint density at radius 1 is 1.33 bits per heavy atom. The number of amides is 1. The van der Waals surface area contributed by atoms with E-state index in [1.807, 2.05) is 11.9 Å². The van der Waals surface area contributed by atoms with Gasteiger partial charge in [0.1, 0.15) is 0 Å². The minimum absolute atomic E-state index is 0.0745. The largest absolute Gasteiger partial charge is 0.351 e. The van der Waals surface area contributed by atoms with Crippen LogP contribution in [0.5, 0.6) is 0 Å². The first kappa shape index (κ1) is 19.3. The van der Waals surface area contributed by atoms with Crippen molar-refractivity contribution in [3.8, 4) is 0 Å². The lowest BCUT2D eigenvalue weighted by Gasteiger charge is -2.18. The van der Waals surface area contributed by atoms with Gasteiger partial charge in [-0.3, -0.25) is 9.69 Å². The molecule has 2 rings (SSSR count). The third-order valence-electron chi connectivity index (χ3n) is 4.23. The molecule has 1 saturated heterocycles. The summed E-state index contributed by atoms with van der Waals surface area (Å²) in [5.41, 5.74) is 2.58. The standard InChI is InChI=1S/C17H26N2O3S2/c1-13-4-5-16(10-14(13)2)23-8-7-19(3)11-17(20)18-15-6-9-24(21,22)12-15/h4-5,10,15H,6-9,11-12H2,1-3H3,(H,18,20). The molecule has 7 heteroatoms. The molecule has 0 radical (unpaired) electrons. The third-order valence-corrected chi connectivity index (χ3v) is 6.97. The number of nitrogens with one attached hydrogen (secondary N) is 1. The van der Waals surface area contributed by atoms with E-state index in [0.29, 0.717) is 13.0 Å². The highest BCUT2D eigenvalue weighted by molar-refractivity contribution is 7.99. The van der Waals surface area contributed by atoms with Crippen LogP contribution >= 0.6 is 11.8 Å². The van der Waals surface area contributed by atoms with Crippen LogP contribution in [0.1, 0.15) is 17.5 Å². The molecule has 1 fully saturated rings. The van der Waals surface area contributed by atoms with Crippen molar-refractivity contribution in [3.63, 3.8) is 0 Å². The van der Waals surface area contributed by atoms with Crippen molar-refractivity contribution >= 4 is 27.5 Å². The van der Waals surface area contributed by atoms with Crippen molar-refractivity contribution < 1.29 is 13.2 Å². The molecule has 0 aliphatic carbocycles. The van der Waals surface area contributed by atoms with Crippen LogP contribution in [0.2, 0.25) is 0 Å². The zero-order chi connectivity index (χ0) is 17.7. The second kappa shape index (κ2) is 8.36. The van der Waals surface area contributed by atoms with E-state index in [0.717, 1.165) is 12.3 Å². The predicted molar refractivity (Wildman–Crippen MR) is 99.3 cm³/mol. The fourth-order valence-corrected chi connectivity index (χ4v) is 5.37. The highest BCUT2D eigenvalue weighted by atomic mass is 32.2. The van der Waals surface area contributed by atoms with Crippen LogP contribution < -0.4 is 5.32 Å². The molecule has 1 aliphatic rings. The van der Waals surface area contributed by atoms with Gasteiger partial charge in [-0.2, -0.15) is 0 Å². The fraction of sp³-hybridized carbons (Fsp3) is 0.588. The number of nitrogens with zero attached hydrogens (tertiary/aromatic N) is 1. The summed E-state index contributed by atoms with van der Waals surface area (Å²) in [6.07, 6.45) is 0.528. The number of carbonyl (C=O) groups is 1. The number of hydrogen-bond donors (Lipinski definition) is 1. The molecule has 1 N–H and O–H groups in total. The van der Waals surface area contributed by atoms with E-state index in [9.17, 15) is 13.2 Å². The van der Waals surface area contributed by atoms with E-state index in [-0.39, 0.29) is 23.5 Å². The van der Waals surface area contributed by atoms with Gasteiger partial charge in [-0.1, -0.05) is 6.07 Å². The van der Waals surface area contributed by atoms with E-state index < -0.39 is 9.84 Å². The molecule has 1 unspecified atom stereocenters. The van der Waals surface area contributed by atoms with Crippen LogP contribution in [0.3, 0.4) is 0 Å². The third kappa shape index (κ3) is 6.11. The molecular formula is C17H26N2O3S2. The summed E-state index contributed by atoms with van der Waals surface area (Å²) in [6.45, 7) is 5.31. The number of carbonyl (C=O) groups excluding carboxylic acids is 1. The van der Waals surface area contributed by atoms with E-state index >= 15 is 0 Å². The van der Waals surface area contributed by atoms with Crippen molar-refractivity contribution in [2.45, 2.75) is 31.2 Å². The van der Waals surface area contributed by atoms with Crippen LogP contribution in [-0.2, 0) is 14.6 Å². The summed E-state index contributed by atoms with van der Waals surface area (Å²) in [5.74, 6) is 1.06. The predicted octanol–water partition coefficient (Wildman–Crippen LogP) is 1.63. The molecule has 0 spiro atoms. The normalized spacial score (nSPS) is 19.6. The molecule has 134 valence electrons. The Balaban J connectivity index is 1.68. The Labute approximate surface area is 149 Å². The SMILES string of the molecule is Cc1ccc(SCCN(C)CC(=O)NC2CCS(=O)(=O)C2)cc1C. The van der Waals surface area contributed by atoms with E-state index in [4.69, 9.17) is 0 Å². The molecule has 0 aromatic heterocycles. The first-order valence-corrected chi connectivity index (χ1v) is 10.9.